The van der Waals surface area contributed by atoms with E-state index in [9.17, 15) is 0 Å². The molecule has 0 atom stereocenters. The van der Waals surface area contributed by atoms with Crippen LogP contribution in [0.2, 0.25) is 0 Å². The number of aromatic nitrogens is 3. The minimum Gasteiger partial charge on any atom is -0.357 e. The Morgan fingerprint density at radius 2 is 1.57 bits per heavy atom. The number of nitrogens with one attached hydrogen (secondary N) is 1. The van der Waals surface area contributed by atoms with Crippen molar-refractivity contribution in [2.75, 3.05) is 31.4 Å². The summed E-state index contributed by atoms with van der Waals surface area (Å²) >= 11 is 0. The predicted molar refractivity (Wildman–Crippen MR) is 87.8 cm³/mol. The normalized spacial score (nSPS) is 11.3. The number of hydrogen-bond donors (Lipinski definition) is 1. The van der Waals surface area contributed by atoms with E-state index in [2.05, 4.69) is 65.3 Å². The molecular weight excluding hydrogens is 262 g/mol. The summed E-state index contributed by atoms with van der Waals surface area (Å²) in [6.07, 6.45) is 0. The van der Waals surface area contributed by atoms with Crippen molar-refractivity contribution < 1.29 is 0 Å². The lowest BCUT2D eigenvalue weighted by atomic mass is 9.87. The van der Waals surface area contributed by atoms with Crippen LogP contribution < -0.4 is 10.2 Å². The van der Waals surface area contributed by atoms with Crippen molar-refractivity contribution in [2.45, 2.75) is 26.2 Å². The maximum atomic E-state index is 4.51. The van der Waals surface area contributed by atoms with Gasteiger partial charge < -0.3 is 10.2 Å². The molecule has 5 nitrogen and oxygen atoms in total. The van der Waals surface area contributed by atoms with Crippen molar-refractivity contribution in [1.82, 2.24) is 15.0 Å². The fourth-order valence-electron chi connectivity index (χ4n) is 1.92. The largest absolute Gasteiger partial charge is 0.357 e. The maximum absolute atomic E-state index is 4.51. The van der Waals surface area contributed by atoms with Gasteiger partial charge in [-0.2, -0.15) is 15.0 Å². The van der Waals surface area contributed by atoms with E-state index in [1.54, 1.807) is 7.05 Å². The van der Waals surface area contributed by atoms with E-state index in [0.717, 1.165) is 5.56 Å². The first kappa shape index (κ1) is 15.2. The quantitative estimate of drug-likeness (QED) is 0.939. The topological polar surface area (TPSA) is 53.9 Å². The molecule has 0 spiro atoms. The molecule has 0 aliphatic heterocycles. The van der Waals surface area contributed by atoms with Crippen LogP contribution in [-0.2, 0) is 5.41 Å². The van der Waals surface area contributed by atoms with Gasteiger partial charge in [0.1, 0.15) is 0 Å². The monoisotopic (exact) mass is 285 g/mol. The van der Waals surface area contributed by atoms with E-state index in [1.807, 2.05) is 19.0 Å². The first-order chi connectivity index (χ1) is 9.81. The minimum absolute atomic E-state index is 0.141. The van der Waals surface area contributed by atoms with E-state index in [-0.39, 0.29) is 5.41 Å². The lowest BCUT2D eigenvalue weighted by Gasteiger charge is -2.19. The Kier molecular flexibility index (Phi) is 4.11. The van der Waals surface area contributed by atoms with Gasteiger partial charge in [0.25, 0.3) is 0 Å². The Labute approximate surface area is 126 Å². The maximum Gasteiger partial charge on any atom is 0.230 e. The molecule has 0 saturated carbocycles. The lowest BCUT2D eigenvalue weighted by Crippen LogP contribution is -2.15. The SMILES string of the molecule is CNc1nc(-c2ccc(C(C)(C)C)cc2)nc(N(C)C)n1. The summed E-state index contributed by atoms with van der Waals surface area (Å²) in [4.78, 5) is 15.1. The Morgan fingerprint density at radius 3 is 2.05 bits per heavy atom. The zero-order valence-electron chi connectivity index (χ0n) is 13.6. The molecule has 0 fully saturated rings. The molecule has 0 unspecified atom stereocenters. The lowest BCUT2D eigenvalue weighted by molar-refractivity contribution is 0.590. The smallest absolute Gasteiger partial charge is 0.230 e. The summed E-state index contributed by atoms with van der Waals surface area (Å²) < 4.78 is 0. The second kappa shape index (κ2) is 5.68. The van der Waals surface area contributed by atoms with Crippen LogP contribution in [0.25, 0.3) is 11.4 Å². The van der Waals surface area contributed by atoms with Gasteiger partial charge in [-0.1, -0.05) is 45.0 Å². The Hall–Kier alpha value is -2.17. The number of anilines is 2. The molecule has 0 saturated heterocycles. The average molecular weight is 285 g/mol. The number of hydrogen-bond acceptors (Lipinski definition) is 5. The summed E-state index contributed by atoms with van der Waals surface area (Å²) in [5.74, 6) is 1.89. The summed E-state index contributed by atoms with van der Waals surface area (Å²) in [6, 6.07) is 8.39. The molecule has 21 heavy (non-hydrogen) atoms. The first-order valence-corrected chi connectivity index (χ1v) is 7.03. The molecule has 1 heterocycles. The minimum atomic E-state index is 0.141. The Bertz CT molecular complexity index is 612. The highest BCUT2D eigenvalue weighted by atomic mass is 15.3. The van der Waals surface area contributed by atoms with Crippen LogP contribution >= 0.6 is 0 Å². The van der Waals surface area contributed by atoms with Crippen LogP contribution in [0.3, 0.4) is 0 Å². The molecule has 1 N–H and O–H groups in total. The van der Waals surface area contributed by atoms with E-state index >= 15 is 0 Å². The Morgan fingerprint density at radius 1 is 0.952 bits per heavy atom. The molecular formula is C16H23N5. The van der Waals surface area contributed by atoms with E-state index in [0.29, 0.717) is 17.7 Å². The van der Waals surface area contributed by atoms with Crippen LogP contribution in [0.1, 0.15) is 26.3 Å². The molecule has 1 aromatic heterocycles. The van der Waals surface area contributed by atoms with Crippen LogP contribution in [-0.4, -0.2) is 36.1 Å². The molecule has 112 valence electrons. The third kappa shape index (κ3) is 3.48. The van der Waals surface area contributed by atoms with Crippen LogP contribution in [0.5, 0.6) is 0 Å². The average Bonchev–Trinajstić information content (AvgIpc) is 2.46. The van der Waals surface area contributed by atoms with Gasteiger partial charge in [0, 0.05) is 26.7 Å². The molecule has 0 radical (unpaired) electrons. The fourth-order valence-corrected chi connectivity index (χ4v) is 1.92. The summed E-state index contributed by atoms with van der Waals surface area (Å²) in [5, 5.41) is 2.98. The first-order valence-electron chi connectivity index (χ1n) is 7.03. The van der Waals surface area contributed by atoms with Gasteiger partial charge in [-0.15, -0.1) is 0 Å². The molecule has 0 bridgehead atoms. The van der Waals surface area contributed by atoms with Crippen molar-refractivity contribution in [3.8, 4) is 11.4 Å². The summed E-state index contributed by atoms with van der Waals surface area (Å²) in [5.41, 5.74) is 2.43. The van der Waals surface area contributed by atoms with Crippen LogP contribution in [0, 0.1) is 0 Å². The van der Waals surface area contributed by atoms with Gasteiger partial charge in [0.05, 0.1) is 0 Å². The molecule has 2 aromatic rings. The van der Waals surface area contributed by atoms with Crippen molar-refractivity contribution in [3.63, 3.8) is 0 Å². The molecule has 0 aliphatic rings. The zero-order chi connectivity index (χ0) is 15.6. The third-order valence-electron chi connectivity index (χ3n) is 3.26. The second-order valence-electron chi connectivity index (χ2n) is 6.25. The third-order valence-corrected chi connectivity index (χ3v) is 3.26. The molecule has 5 heteroatoms. The van der Waals surface area contributed by atoms with Gasteiger partial charge in [-0.05, 0) is 11.0 Å². The highest BCUT2D eigenvalue weighted by molar-refractivity contribution is 5.59. The standard InChI is InChI=1S/C16H23N5/c1-16(2,3)12-9-7-11(8-10-12)13-18-14(17-4)20-15(19-13)21(5)6/h7-10H,1-6H3,(H,17,18,19,20). The summed E-state index contributed by atoms with van der Waals surface area (Å²) in [6.45, 7) is 6.61. The highest BCUT2D eigenvalue weighted by Crippen LogP contribution is 2.25. The molecule has 0 aliphatic carbocycles. The van der Waals surface area contributed by atoms with Gasteiger partial charge in [-0.3, -0.25) is 0 Å². The highest BCUT2D eigenvalue weighted by Gasteiger charge is 2.14. The van der Waals surface area contributed by atoms with Crippen LogP contribution in [0.15, 0.2) is 24.3 Å². The zero-order valence-corrected chi connectivity index (χ0v) is 13.6. The van der Waals surface area contributed by atoms with Gasteiger partial charge in [-0.25, -0.2) is 0 Å². The van der Waals surface area contributed by atoms with Gasteiger partial charge in [0.2, 0.25) is 11.9 Å². The van der Waals surface area contributed by atoms with E-state index in [1.165, 1.54) is 5.56 Å². The van der Waals surface area contributed by atoms with Crippen molar-refractivity contribution in [3.05, 3.63) is 29.8 Å². The summed E-state index contributed by atoms with van der Waals surface area (Å²) in [7, 11) is 5.64. The van der Waals surface area contributed by atoms with Crippen molar-refractivity contribution in [2.24, 2.45) is 0 Å². The predicted octanol–water partition coefficient (Wildman–Crippen LogP) is 2.94. The number of benzene rings is 1. The van der Waals surface area contributed by atoms with E-state index in [4.69, 9.17) is 0 Å². The second-order valence-corrected chi connectivity index (χ2v) is 6.25. The molecule has 0 amide bonds. The van der Waals surface area contributed by atoms with Gasteiger partial charge >= 0.3 is 0 Å². The number of nitrogens with zero attached hydrogens (tertiary/aromatic N) is 4. The van der Waals surface area contributed by atoms with Crippen molar-refractivity contribution in [1.29, 1.82) is 0 Å². The Balaban J connectivity index is 2.44. The fraction of sp³-hybridized carbons (Fsp3) is 0.438. The molecule has 1 aromatic carbocycles. The molecule has 2 rings (SSSR count). The van der Waals surface area contributed by atoms with Crippen molar-refractivity contribution >= 4 is 11.9 Å². The van der Waals surface area contributed by atoms with Gasteiger partial charge in [0.15, 0.2) is 5.82 Å². The van der Waals surface area contributed by atoms with E-state index < -0.39 is 0 Å². The number of rotatable bonds is 3. The van der Waals surface area contributed by atoms with Crippen LogP contribution in [0.4, 0.5) is 11.9 Å².